The third-order valence-corrected chi connectivity index (χ3v) is 1.96. The molecule has 0 atom stereocenters. The first-order valence-electron chi connectivity index (χ1n) is 3.90. The van der Waals surface area contributed by atoms with E-state index in [2.05, 4.69) is 21.8 Å². The van der Waals surface area contributed by atoms with E-state index in [1.807, 2.05) is 21.0 Å². The van der Waals surface area contributed by atoms with Gasteiger partial charge < -0.3 is 9.88 Å². The lowest BCUT2D eigenvalue weighted by atomic mass is 10.3. The predicted octanol–water partition coefficient (Wildman–Crippen LogP) is 1.33. The van der Waals surface area contributed by atoms with Gasteiger partial charge in [0.1, 0.15) is 11.6 Å². The van der Waals surface area contributed by atoms with Crippen molar-refractivity contribution in [2.45, 2.75) is 20.3 Å². The molecule has 1 N–H and O–H groups in total. The summed E-state index contributed by atoms with van der Waals surface area (Å²) in [6.45, 7) is 4.13. The standard InChI is InChI=1S/C8H15N3/c1-5-7-8(9-3)11(4)6(2)10-7/h9H,5H2,1-4H3. The van der Waals surface area contributed by atoms with Crippen LogP contribution < -0.4 is 5.32 Å². The summed E-state index contributed by atoms with van der Waals surface area (Å²) in [7, 11) is 3.95. The molecule has 0 spiro atoms. The number of anilines is 1. The number of rotatable bonds is 2. The minimum absolute atomic E-state index is 0.984. The highest BCUT2D eigenvalue weighted by Crippen LogP contribution is 2.15. The van der Waals surface area contributed by atoms with Gasteiger partial charge in [-0.2, -0.15) is 0 Å². The largest absolute Gasteiger partial charge is 0.373 e. The lowest BCUT2D eigenvalue weighted by Gasteiger charge is -2.02. The summed E-state index contributed by atoms with van der Waals surface area (Å²) in [5.74, 6) is 2.19. The Morgan fingerprint density at radius 3 is 2.55 bits per heavy atom. The fourth-order valence-corrected chi connectivity index (χ4v) is 1.24. The van der Waals surface area contributed by atoms with Crippen LogP contribution in [0.4, 0.5) is 5.82 Å². The van der Waals surface area contributed by atoms with E-state index in [9.17, 15) is 0 Å². The molecule has 1 aromatic rings. The predicted molar refractivity (Wildman–Crippen MR) is 46.9 cm³/mol. The van der Waals surface area contributed by atoms with Crippen molar-refractivity contribution in [3.63, 3.8) is 0 Å². The molecule has 1 heterocycles. The van der Waals surface area contributed by atoms with Crippen LogP contribution in [0, 0.1) is 6.92 Å². The van der Waals surface area contributed by atoms with E-state index in [1.165, 1.54) is 0 Å². The molecule has 11 heavy (non-hydrogen) atoms. The zero-order valence-electron chi connectivity index (χ0n) is 7.60. The van der Waals surface area contributed by atoms with Crippen LogP contribution in [0.3, 0.4) is 0 Å². The molecule has 0 saturated carbocycles. The minimum atomic E-state index is 0.984. The molecule has 0 aliphatic rings. The van der Waals surface area contributed by atoms with Gasteiger partial charge in [-0.05, 0) is 13.3 Å². The first-order valence-corrected chi connectivity index (χ1v) is 3.90. The van der Waals surface area contributed by atoms with Crippen LogP contribution in [0.2, 0.25) is 0 Å². The monoisotopic (exact) mass is 153 g/mol. The van der Waals surface area contributed by atoms with Gasteiger partial charge in [-0.3, -0.25) is 0 Å². The van der Waals surface area contributed by atoms with Crippen LogP contribution in [0.15, 0.2) is 0 Å². The molecule has 0 aliphatic carbocycles. The smallest absolute Gasteiger partial charge is 0.128 e. The first-order chi connectivity index (χ1) is 5.20. The van der Waals surface area contributed by atoms with Crippen molar-refractivity contribution >= 4 is 5.82 Å². The van der Waals surface area contributed by atoms with E-state index in [0.29, 0.717) is 0 Å². The first kappa shape index (κ1) is 8.11. The second-order valence-electron chi connectivity index (χ2n) is 2.62. The van der Waals surface area contributed by atoms with Gasteiger partial charge in [-0.25, -0.2) is 4.98 Å². The van der Waals surface area contributed by atoms with Crippen LogP contribution in [-0.4, -0.2) is 16.6 Å². The van der Waals surface area contributed by atoms with Gasteiger partial charge in [0.2, 0.25) is 0 Å². The number of aromatic nitrogens is 2. The van der Waals surface area contributed by atoms with E-state index in [0.717, 1.165) is 23.8 Å². The number of aryl methyl sites for hydroxylation is 2. The Labute approximate surface area is 67.4 Å². The molecule has 0 radical (unpaired) electrons. The van der Waals surface area contributed by atoms with Crippen LogP contribution >= 0.6 is 0 Å². The zero-order chi connectivity index (χ0) is 8.43. The van der Waals surface area contributed by atoms with Crippen LogP contribution in [0.25, 0.3) is 0 Å². The van der Waals surface area contributed by atoms with E-state index in [4.69, 9.17) is 0 Å². The number of hydrogen-bond acceptors (Lipinski definition) is 2. The Morgan fingerprint density at radius 2 is 2.18 bits per heavy atom. The molecule has 0 aliphatic heterocycles. The van der Waals surface area contributed by atoms with Gasteiger partial charge >= 0.3 is 0 Å². The topological polar surface area (TPSA) is 29.9 Å². The zero-order valence-corrected chi connectivity index (χ0v) is 7.60. The Balaban J connectivity index is 3.15. The van der Waals surface area contributed by atoms with Crippen molar-refractivity contribution in [3.05, 3.63) is 11.5 Å². The van der Waals surface area contributed by atoms with Crippen molar-refractivity contribution in [2.75, 3.05) is 12.4 Å². The maximum Gasteiger partial charge on any atom is 0.128 e. The second kappa shape index (κ2) is 2.95. The van der Waals surface area contributed by atoms with Crippen molar-refractivity contribution in [2.24, 2.45) is 7.05 Å². The molecule has 0 saturated heterocycles. The van der Waals surface area contributed by atoms with Gasteiger partial charge in [-0.1, -0.05) is 6.92 Å². The normalized spacial score (nSPS) is 10.2. The van der Waals surface area contributed by atoms with E-state index < -0.39 is 0 Å². The Kier molecular flexibility index (Phi) is 2.17. The number of hydrogen-bond donors (Lipinski definition) is 1. The summed E-state index contributed by atoms with van der Waals surface area (Å²) >= 11 is 0. The molecular formula is C8H15N3. The average Bonchev–Trinajstić information content (AvgIpc) is 2.28. The van der Waals surface area contributed by atoms with Crippen LogP contribution in [0.1, 0.15) is 18.4 Å². The SMILES string of the molecule is CCc1nc(C)n(C)c1NC. The fourth-order valence-electron chi connectivity index (χ4n) is 1.24. The molecule has 0 unspecified atom stereocenters. The molecular weight excluding hydrogens is 138 g/mol. The Morgan fingerprint density at radius 1 is 1.55 bits per heavy atom. The lowest BCUT2D eigenvalue weighted by molar-refractivity contribution is 0.863. The number of nitrogens with zero attached hydrogens (tertiary/aromatic N) is 2. The molecule has 1 aromatic heterocycles. The minimum Gasteiger partial charge on any atom is -0.373 e. The molecule has 3 nitrogen and oxygen atoms in total. The van der Waals surface area contributed by atoms with Crippen LogP contribution in [0.5, 0.6) is 0 Å². The third kappa shape index (κ3) is 1.23. The highest BCUT2D eigenvalue weighted by Gasteiger charge is 2.07. The van der Waals surface area contributed by atoms with Gasteiger partial charge in [-0.15, -0.1) is 0 Å². The van der Waals surface area contributed by atoms with E-state index in [-0.39, 0.29) is 0 Å². The number of imidazole rings is 1. The second-order valence-corrected chi connectivity index (χ2v) is 2.62. The Bertz CT molecular complexity index is 250. The van der Waals surface area contributed by atoms with Crippen LogP contribution in [-0.2, 0) is 13.5 Å². The van der Waals surface area contributed by atoms with Crippen molar-refractivity contribution in [1.29, 1.82) is 0 Å². The summed E-state index contributed by atoms with van der Waals surface area (Å²) in [4.78, 5) is 4.40. The quantitative estimate of drug-likeness (QED) is 0.694. The Hall–Kier alpha value is -0.990. The van der Waals surface area contributed by atoms with Crippen molar-refractivity contribution in [1.82, 2.24) is 9.55 Å². The molecule has 0 amide bonds. The average molecular weight is 153 g/mol. The van der Waals surface area contributed by atoms with E-state index in [1.54, 1.807) is 0 Å². The molecule has 0 aromatic carbocycles. The maximum atomic E-state index is 4.40. The summed E-state index contributed by atoms with van der Waals surface area (Å²) < 4.78 is 2.07. The van der Waals surface area contributed by atoms with Gasteiger partial charge in [0.15, 0.2) is 0 Å². The molecule has 0 bridgehead atoms. The lowest BCUT2D eigenvalue weighted by Crippen LogP contribution is -2.00. The molecule has 3 heteroatoms. The summed E-state index contributed by atoms with van der Waals surface area (Å²) in [6.07, 6.45) is 0.984. The highest BCUT2D eigenvalue weighted by molar-refractivity contribution is 5.42. The van der Waals surface area contributed by atoms with E-state index >= 15 is 0 Å². The van der Waals surface area contributed by atoms with Crippen molar-refractivity contribution < 1.29 is 0 Å². The molecule has 0 fully saturated rings. The molecule has 1 rings (SSSR count). The fraction of sp³-hybridized carbons (Fsp3) is 0.625. The van der Waals surface area contributed by atoms with Crippen molar-refractivity contribution in [3.8, 4) is 0 Å². The third-order valence-electron chi connectivity index (χ3n) is 1.96. The van der Waals surface area contributed by atoms with Gasteiger partial charge in [0.25, 0.3) is 0 Å². The summed E-state index contributed by atoms with van der Waals surface area (Å²) in [5, 5.41) is 3.14. The highest BCUT2D eigenvalue weighted by atomic mass is 15.2. The summed E-state index contributed by atoms with van der Waals surface area (Å²) in [5.41, 5.74) is 1.15. The number of nitrogens with one attached hydrogen (secondary N) is 1. The van der Waals surface area contributed by atoms with Gasteiger partial charge in [0.05, 0.1) is 5.69 Å². The maximum absolute atomic E-state index is 4.40. The molecule has 62 valence electrons. The summed E-state index contributed by atoms with van der Waals surface area (Å²) in [6, 6.07) is 0. The van der Waals surface area contributed by atoms with Gasteiger partial charge in [0, 0.05) is 14.1 Å².